The number of thioether (sulfide) groups is 1. The van der Waals surface area contributed by atoms with Gasteiger partial charge >= 0.3 is 0 Å². The highest BCUT2D eigenvalue weighted by atomic mass is 32.2. The van der Waals surface area contributed by atoms with Crippen molar-refractivity contribution >= 4 is 24.0 Å². The zero-order chi connectivity index (χ0) is 7.82. The fraction of sp³-hybridized carbons (Fsp3) is 0.667. The maximum absolute atomic E-state index is 10.1. The van der Waals surface area contributed by atoms with Crippen molar-refractivity contribution < 1.29 is 9.59 Å². The van der Waals surface area contributed by atoms with Gasteiger partial charge < -0.3 is 0 Å². The molecule has 0 atom stereocenters. The van der Waals surface area contributed by atoms with E-state index in [2.05, 4.69) is 0 Å². The molecule has 0 aliphatic heterocycles. The fourth-order valence-corrected chi connectivity index (χ4v) is 1.14. The lowest BCUT2D eigenvalue weighted by atomic mass is 10.5. The summed E-state index contributed by atoms with van der Waals surface area (Å²) in [5.74, 6) is 0.809. The summed E-state index contributed by atoms with van der Waals surface area (Å²) in [6.07, 6.45) is 2.45. The van der Waals surface area contributed by atoms with Gasteiger partial charge in [-0.15, -0.1) is 0 Å². The van der Waals surface area contributed by atoms with Gasteiger partial charge in [0.1, 0.15) is 0 Å². The second kappa shape index (κ2) is 6.61. The van der Waals surface area contributed by atoms with Crippen molar-refractivity contribution in [3.8, 4) is 0 Å². The standard InChI is InChI=1S/C6H9NO2S/c7-6(9)2-5-10-4-1-3-8/h7H,1-2,4-5H2. The average molecular weight is 159 g/mol. The maximum Gasteiger partial charge on any atom is 0.239 e. The predicted molar refractivity (Wildman–Crippen MR) is 40.4 cm³/mol. The van der Waals surface area contributed by atoms with Crippen molar-refractivity contribution in [1.82, 2.24) is 5.73 Å². The summed E-state index contributed by atoms with van der Waals surface area (Å²) in [7, 11) is 0. The van der Waals surface area contributed by atoms with Gasteiger partial charge in [0, 0.05) is 24.3 Å². The summed E-state index contributed by atoms with van der Waals surface area (Å²) in [6.45, 7) is 0. The van der Waals surface area contributed by atoms with Gasteiger partial charge in [-0.3, -0.25) is 15.3 Å². The highest BCUT2D eigenvalue weighted by molar-refractivity contribution is 7.99. The molecule has 3 nitrogen and oxygen atoms in total. The Bertz CT molecular complexity index is 116. The molecule has 0 aliphatic carbocycles. The van der Waals surface area contributed by atoms with E-state index in [4.69, 9.17) is 5.73 Å². The molecule has 0 spiro atoms. The molecule has 0 aromatic rings. The van der Waals surface area contributed by atoms with Crippen LogP contribution in [0.5, 0.6) is 0 Å². The number of carbonyl (C=O) groups is 1. The highest BCUT2D eigenvalue weighted by Gasteiger charge is 1.94. The van der Waals surface area contributed by atoms with E-state index in [9.17, 15) is 9.59 Å². The lowest BCUT2D eigenvalue weighted by Gasteiger charge is -1.92. The minimum atomic E-state index is -0.539. The van der Waals surface area contributed by atoms with E-state index in [1.807, 2.05) is 0 Å². The van der Waals surface area contributed by atoms with Crippen LogP contribution >= 0.6 is 11.8 Å². The molecule has 0 aliphatic rings. The number of hydrogen-bond acceptors (Lipinski definition) is 3. The van der Waals surface area contributed by atoms with Crippen molar-refractivity contribution in [2.45, 2.75) is 12.8 Å². The molecule has 56 valence electrons. The van der Waals surface area contributed by atoms with Crippen molar-refractivity contribution in [2.24, 2.45) is 0 Å². The topological polar surface area (TPSA) is 57.9 Å². The SMILES string of the molecule is [NH]C(=O)CCSCC[C]=O. The Morgan fingerprint density at radius 2 is 2.20 bits per heavy atom. The smallest absolute Gasteiger partial charge is 0.239 e. The molecule has 0 aromatic heterocycles. The molecule has 0 saturated carbocycles. The van der Waals surface area contributed by atoms with E-state index in [0.717, 1.165) is 0 Å². The number of rotatable bonds is 6. The van der Waals surface area contributed by atoms with Gasteiger partial charge in [0.25, 0.3) is 0 Å². The normalized spacial score (nSPS) is 9.20. The first-order chi connectivity index (χ1) is 4.77. The zero-order valence-corrected chi connectivity index (χ0v) is 6.37. The van der Waals surface area contributed by atoms with Crippen LogP contribution in [0.1, 0.15) is 12.8 Å². The molecule has 4 heteroatoms. The monoisotopic (exact) mass is 159 g/mol. The first-order valence-electron chi connectivity index (χ1n) is 2.94. The van der Waals surface area contributed by atoms with Gasteiger partial charge in [-0.2, -0.15) is 11.8 Å². The lowest BCUT2D eigenvalue weighted by Crippen LogP contribution is -1.99. The zero-order valence-electron chi connectivity index (χ0n) is 5.55. The van der Waals surface area contributed by atoms with Gasteiger partial charge in [0.2, 0.25) is 5.91 Å². The van der Waals surface area contributed by atoms with E-state index in [1.165, 1.54) is 11.8 Å². The summed E-state index contributed by atoms with van der Waals surface area (Å²) < 4.78 is 0. The van der Waals surface area contributed by atoms with E-state index in [1.54, 1.807) is 6.29 Å². The van der Waals surface area contributed by atoms with Crippen LogP contribution in [-0.2, 0) is 9.59 Å². The van der Waals surface area contributed by atoms with Crippen LogP contribution in [0.25, 0.3) is 0 Å². The predicted octanol–water partition coefficient (Wildman–Crippen LogP) is 0.419. The Labute approximate surface area is 64.4 Å². The molecule has 0 aromatic carbocycles. The summed E-state index contributed by atoms with van der Waals surface area (Å²) >= 11 is 1.50. The summed E-state index contributed by atoms with van der Waals surface area (Å²) in [5.41, 5.74) is 6.53. The lowest BCUT2D eigenvalue weighted by molar-refractivity contribution is -0.118. The number of carbonyl (C=O) groups excluding carboxylic acids is 2. The van der Waals surface area contributed by atoms with Crippen LogP contribution < -0.4 is 5.73 Å². The largest absolute Gasteiger partial charge is 0.291 e. The summed E-state index contributed by atoms with van der Waals surface area (Å²) in [4.78, 5) is 19.7. The average Bonchev–Trinajstić information content (AvgIpc) is 1.87. The minimum Gasteiger partial charge on any atom is -0.291 e. The first-order valence-corrected chi connectivity index (χ1v) is 4.10. The molecule has 0 rings (SSSR count). The van der Waals surface area contributed by atoms with Crippen LogP contribution in [0.2, 0.25) is 0 Å². The molecule has 1 amide bonds. The molecule has 0 saturated heterocycles. The molecule has 2 radical (unpaired) electrons. The van der Waals surface area contributed by atoms with Gasteiger partial charge in [-0.25, -0.2) is 0 Å². The number of nitrogens with one attached hydrogen (secondary N) is 1. The molecule has 0 unspecified atom stereocenters. The molecule has 1 N–H and O–H groups in total. The third kappa shape index (κ3) is 7.49. The van der Waals surface area contributed by atoms with Crippen LogP contribution in [0, 0.1) is 0 Å². The highest BCUT2D eigenvalue weighted by Crippen LogP contribution is 2.02. The molecule has 0 bridgehead atoms. The molecule has 0 fully saturated rings. The van der Waals surface area contributed by atoms with Gasteiger partial charge in [0.15, 0.2) is 6.29 Å². The van der Waals surface area contributed by atoms with E-state index >= 15 is 0 Å². The Hall–Kier alpha value is -0.510. The van der Waals surface area contributed by atoms with Gasteiger partial charge in [0.05, 0.1) is 0 Å². The molecule has 10 heavy (non-hydrogen) atoms. The summed E-state index contributed by atoms with van der Waals surface area (Å²) in [5, 5.41) is 0. The van der Waals surface area contributed by atoms with E-state index in [-0.39, 0.29) is 6.42 Å². The Morgan fingerprint density at radius 3 is 2.70 bits per heavy atom. The molecule has 0 heterocycles. The quantitative estimate of drug-likeness (QED) is 0.528. The van der Waals surface area contributed by atoms with Crippen molar-refractivity contribution in [3.63, 3.8) is 0 Å². The second-order valence-corrected chi connectivity index (χ2v) is 2.90. The van der Waals surface area contributed by atoms with Crippen LogP contribution in [-0.4, -0.2) is 23.7 Å². The minimum absolute atomic E-state index is 0.281. The maximum atomic E-state index is 10.1. The number of hydrogen-bond donors (Lipinski definition) is 0. The fourth-order valence-electron chi connectivity index (χ4n) is 0.381. The third-order valence-corrected chi connectivity index (χ3v) is 1.81. The Morgan fingerprint density at radius 1 is 1.50 bits per heavy atom. The van der Waals surface area contributed by atoms with Crippen LogP contribution in [0.15, 0.2) is 0 Å². The van der Waals surface area contributed by atoms with Crippen molar-refractivity contribution in [2.75, 3.05) is 11.5 Å². The Kier molecular flexibility index (Phi) is 6.27. The van der Waals surface area contributed by atoms with Crippen LogP contribution in [0.3, 0.4) is 0 Å². The molecular weight excluding hydrogens is 150 g/mol. The van der Waals surface area contributed by atoms with Crippen LogP contribution in [0.4, 0.5) is 0 Å². The summed E-state index contributed by atoms with van der Waals surface area (Å²) in [6, 6.07) is 0. The van der Waals surface area contributed by atoms with E-state index in [0.29, 0.717) is 17.9 Å². The van der Waals surface area contributed by atoms with Gasteiger partial charge in [-0.05, 0) is 0 Å². The third-order valence-electron chi connectivity index (χ3n) is 0.822. The Balaban J connectivity index is 2.90. The molecular formula is C6H9NO2S. The van der Waals surface area contributed by atoms with Gasteiger partial charge in [-0.1, -0.05) is 0 Å². The van der Waals surface area contributed by atoms with E-state index < -0.39 is 5.91 Å². The first kappa shape index (κ1) is 9.49. The number of amides is 1. The van der Waals surface area contributed by atoms with Crippen molar-refractivity contribution in [3.05, 3.63) is 0 Å². The van der Waals surface area contributed by atoms with Crippen molar-refractivity contribution in [1.29, 1.82) is 0 Å². The second-order valence-electron chi connectivity index (χ2n) is 1.68.